The van der Waals surface area contributed by atoms with Crippen LogP contribution in [-0.4, -0.2) is 38.4 Å². The van der Waals surface area contributed by atoms with Crippen LogP contribution in [0.5, 0.6) is 0 Å². The highest BCUT2D eigenvalue weighted by Crippen LogP contribution is 2.14. The van der Waals surface area contributed by atoms with Crippen molar-refractivity contribution in [2.75, 3.05) is 31.6 Å². The van der Waals surface area contributed by atoms with E-state index >= 15 is 0 Å². The fraction of sp³-hybridized carbons (Fsp3) is 0.417. The van der Waals surface area contributed by atoms with Crippen molar-refractivity contribution in [3.05, 3.63) is 29.3 Å². The Morgan fingerprint density at radius 1 is 1.56 bits per heavy atom. The van der Waals surface area contributed by atoms with Crippen molar-refractivity contribution in [1.29, 1.82) is 0 Å². The number of nitrogens with one attached hydrogen (secondary N) is 3. The second-order valence-electron chi connectivity index (χ2n) is 4.04. The molecular weight excluding hydrogens is 254 g/mol. The first kappa shape index (κ1) is 13.1. The summed E-state index contributed by atoms with van der Waals surface area (Å²) in [6, 6.07) is 6.76. The Bertz CT molecular complexity index is 408. The van der Waals surface area contributed by atoms with Gasteiger partial charge in [-0.25, -0.2) is 4.79 Å². The number of ether oxygens (including phenoxy) is 1. The lowest BCUT2D eigenvalue weighted by Gasteiger charge is -2.23. The number of urea groups is 1. The van der Waals surface area contributed by atoms with Gasteiger partial charge in [0.05, 0.1) is 12.7 Å². The number of carbonyl (C=O) groups is 1. The molecule has 0 aliphatic carbocycles. The Balaban J connectivity index is 1.74. The number of amides is 2. The maximum absolute atomic E-state index is 11.6. The van der Waals surface area contributed by atoms with E-state index in [0.717, 1.165) is 13.1 Å². The molecule has 0 spiro atoms. The van der Waals surface area contributed by atoms with Crippen molar-refractivity contribution in [2.45, 2.75) is 6.10 Å². The molecule has 1 unspecified atom stereocenters. The first-order valence-electron chi connectivity index (χ1n) is 5.87. The lowest BCUT2D eigenvalue weighted by molar-refractivity contribution is 0.0310. The van der Waals surface area contributed by atoms with Crippen LogP contribution in [0, 0.1) is 0 Å². The average molecular weight is 270 g/mol. The molecular formula is C12H16ClN3O2. The normalized spacial score (nSPS) is 19.3. The summed E-state index contributed by atoms with van der Waals surface area (Å²) in [6.07, 6.45) is 0.0314. The lowest BCUT2D eigenvalue weighted by Crippen LogP contribution is -2.45. The summed E-state index contributed by atoms with van der Waals surface area (Å²) < 4.78 is 5.47. The number of hydrogen-bond acceptors (Lipinski definition) is 3. The lowest BCUT2D eigenvalue weighted by atomic mass is 10.3. The summed E-state index contributed by atoms with van der Waals surface area (Å²) in [7, 11) is 0. The van der Waals surface area contributed by atoms with Gasteiger partial charge in [-0.05, 0) is 18.2 Å². The molecule has 1 fully saturated rings. The Kier molecular flexibility index (Phi) is 4.81. The fourth-order valence-electron chi connectivity index (χ4n) is 1.70. The minimum absolute atomic E-state index is 0.0314. The van der Waals surface area contributed by atoms with E-state index in [-0.39, 0.29) is 12.1 Å². The van der Waals surface area contributed by atoms with Crippen LogP contribution in [0.15, 0.2) is 24.3 Å². The molecule has 0 radical (unpaired) electrons. The number of halogens is 1. The van der Waals surface area contributed by atoms with E-state index < -0.39 is 0 Å². The Hall–Kier alpha value is -1.30. The second-order valence-corrected chi connectivity index (χ2v) is 4.48. The summed E-state index contributed by atoms with van der Waals surface area (Å²) in [5, 5.41) is 9.27. The SMILES string of the molecule is O=C(NCC1CNCCO1)Nc1cccc(Cl)c1. The molecule has 1 aliphatic rings. The van der Waals surface area contributed by atoms with E-state index in [0.29, 0.717) is 23.9 Å². The number of hydrogen-bond donors (Lipinski definition) is 3. The van der Waals surface area contributed by atoms with Crippen molar-refractivity contribution in [1.82, 2.24) is 10.6 Å². The predicted octanol–water partition coefficient (Wildman–Crippen LogP) is 1.45. The molecule has 1 aromatic carbocycles. The summed E-state index contributed by atoms with van der Waals surface area (Å²) >= 11 is 5.83. The summed E-state index contributed by atoms with van der Waals surface area (Å²) in [4.78, 5) is 11.6. The van der Waals surface area contributed by atoms with Gasteiger partial charge in [0.15, 0.2) is 0 Å². The Morgan fingerprint density at radius 3 is 3.17 bits per heavy atom. The minimum atomic E-state index is -0.258. The van der Waals surface area contributed by atoms with Crippen LogP contribution in [0.1, 0.15) is 0 Å². The minimum Gasteiger partial charge on any atom is -0.374 e. The van der Waals surface area contributed by atoms with E-state index in [1.807, 2.05) is 0 Å². The van der Waals surface area contributed by atoms with Crippen LogP contribution in [0.4, 0.5) is 10.5 Å². The molecule has 98 valence electrons. The molecule has 0 bridgehead atoms. The van der Waals surface area contributed by atoms with Crippen LogP contribution >= 0.6 is 11.6 Å². The molecule has 1 saturated heterocycles. The third kappa shape index (κ3) is 4.18. The molecule has 2 rings (SSSR count). The van der Waals surface area contributed by atoms with Crippen molar-refractivity contribution < 1.29 is 9.53 Å². The van der Waals surface area contributed by atoms with Gasteiger partial charge >= 0.3 is 6.03 Å². The summed E-state index contributed by atoms with van der Waals surface area (Å²) in [5.41, 5.74) is 0.669. The monoisotopic (exact) mass is 269 g/mol. The van der Waals surface area contributed by atoms with Gasteiger partial charge in [-0.2, -0.15) is 0 Å². The highest BCUT2D eigenvalue weighted by atomic mass is 35.5. The van der Waals surface area contributed by atoms with E-state index in [9.17, 15) is 4.79 Å². The molecule has 1 aromatic rings. The van der Waals surface area contributed by atoms with Gasteiger partial charge in [-0.15, -0.1) is 0 Å². The Labute approximate surface area is 111 Å². The van der Waals surface area contributed by atoms with Gasteiger partial charge in [-0.3, -0.25) is 0 Å². The van der Waals surface area contributed by atoms with Gasteiger partial charge in [0, 0.05) is 30.3 Å². The third-order valence-corrected chi connectivity index (χ3v) is 2.81. The average Bonchev–Trinajstić information content (AvgIpc) is 2.38. The first-order chi connectivity index (χ1) is 8.74. The predicted molar refractivity (Wildman–Crippen MR) is 71.1 cm³/mol. The van der Waals surface area contributed by atoms with Gasteiger partial charge in [0.1, 0.15) is 0 Å². The molecule has 6 heteroatoms. The zero-order valence-corrected chi connectivity index (χ0v) is 10.7. The molecule has 2 amide bonds. The smallest absolute Gasteiger partial charge is 0.319 e. The zero-order valence-electron chi connectivity index (χ0n) is 9.91. The van der Waals surface area contributed by atoms with Crippen molar-refractivity contribution in [3.8, 4) is 0 Å². The largest absolute Gasteiger partial charge is 0.374 e. The maximum atomic E-state index is 11.6. The molecule has 1 heterocycles. The molecule has 1 atom stereocenters. The van der Waals surface area contributed by atoms with Crippen LogP contribution in [0.25, 0.3) is 0 Å². The molecule has 1 aliphatic heterocycles. The van der Waals surface area contributed by atoms with Gasteiger partial charge in [-0.1, -0.05) is 17.7 Å². The van der Waals surface area contributed by atoms with Crippen LogP contribution < -0.4 is 16.0 Å². The third-order valence-electron chi connectivity index (χ3n) is 2.58. The van der Waals surface area contributed by atoms with Crippen LogP contribution in [-0.2, 0) is 4.74 Å². The number of carbonyl (C=O) groups excluding carboxylic acids is 1. The maximum Gasteiger partial charge on any atom is 0.319 e. The molecule has 3 N–H and O–H groups in total. The highest BCUT2D eigenvalue weighted by Gasteiger charge is 2.14. The van der Waals surface area contributed by atoms with Crippen molar-refractivity contribution in [3.63, 3.8) is 0 Å². The molecule has 5 nitrogen and oxygen atoms in total. The van der Waals surface area contributed by atoms with Gasteiger partial charge in [0.25, 0.3) is 0 Å². The molecule has 18 heavy (non-hydrogen) atoms. The highest BCUT2D eigenvalue weighted by molar-refractivity contribution is 6.30. The van der Waals surface area contributed by atoms with Crippen molar-refractivity contribution in [2.24, 2.45) is 0 Å². The summed E-state index contributed by atoms with van der Waals surface area (Å²) in [6.45, 7) is 2.80. The van der Waals surface area contributed by atoms with Crippen LogP contribution in [0.2, 0.25) is 5.02 Å². The quantitative estimate of drug-likeness (QED) is 0.778. The topological polar surface area (TPSA) is 62.4 Å². The molecule has 0 saturated carbocycles. The van der Waals surface area contributed by atoms with E-state index in [1.54, 1.807) is 24.3 Å². The second kappa shape index (κ2) is 6.58. The molecule has 0 aromatic heterocycles. The van der Waals surface area contributed by atoms with E-state index in [1.165, 1.54) is 0 Å². The summed E-state index contributed by atoms with van der Waals surface area (Å²) in [5.74, 6) is 0. The van der Waals surface area contributed by atoms with Gasteiger partial charge < -0.3 is 20.7 Å². The number of morpholine rings is 1. The first-order valence-corrected chi connectivity index (χ1v) is 6.24. The number of anilines is 1. The van der Waals surface area contributed by atoms with E-state index in [2.05, 4.69) is 16.0 Å². The zero-order chi connectivity index (χ0) is 12.8. The van der Waals surface area contributed by atoms with Crippen LogP contribution in [0.3, 0.4) is 0 Å². The number of benzene rings is 1. The standard InChI is InChI=1S/C12H16ClN3O2/c13-9-2-1-3-10(6-9)16-12(17)15-8-11-7-14-4-5-18-11/h1-3,6,11,14H,4-5,7-8H2,(H2,15,16,17). The van der Waals surface area contributed by atoms with Crippen molar-refractivity contribution >= 4 is 23.3 Å². The fourth-order valence-corrected chi connectivity index (χ4v) is 1.89. The number of rotatable bonds is 3. The van der Waals surface area contributed by atoms with Gasteiger partial charge in [0.2, 0.25) is 0 Å². The van der Waals surface area contributed by atoms with E-state index in [4.69, 9.17) is 16.3 Å². The Morgan fingerprint density at radius 2 is 2.44 bits per heavy atom.